The topological polar surface area (TPSA) is 46.2 Å². The lowest BCUT2D eigenvalue weighted by atomic mass is 9.78. The van der Waals surface area contributed by atoms with E-state index in [1.54, 1.807) is 19.1 Å². The highest BCUT2D eigenvalue weighted by Crippen LogP contribution is 2.34. The molecule has 37 heavy (non-hydrogen) atoms. The average Bonchev–Trinajstić information content (AvgIpc) is 2.83. The second kappa shape index (κ2) is 14.7. The van der Waals surface area contributed by atoms with Crippen LogP contribution in [0.2, 0.25) is 0 Å². The van der Waals surface area contributed by atoms with Crippen LogP contribution in [0.15, 0.2) is 58.6 Å². The van der Waals surface area contributed by atoms with Gasteiger partial charge in [0.25, 0.3) is 0 Å². The predicted molar refractivity (Wildman–Crippen MR) is 155 cm³/mol. The quantitative estimate of drug-likeness (QED) is 0.296. The highest BCUT2D eigenvalue weighted by atomic mass is 35.5. The second-order valence-corrected chi connectivity index (χ2v) is 11.2. The van der Waals surface area contributed by atoms with Gasteiger partial charge in [-0.15, -0.1) is 0 Å². The molecule has 1 aromatic carbocycles. The van der Waals surface area contributed by atoms with E-state index in [9.17, 15) is 14.0 Å². The highest BCUT2D eigenvalue weighted by Gasteiger charge is 2.29. The molecule has 202 valence electrons. The van der Waals surface area contributed by atoms with Crippen LogP contribution < -0.4 is 5.32 Å². The summed E-state index contributed by atoms with van der Waals surface area (Å²) < 4.78 is 14.0. The molecule has 0 bridgehead atoms. The summed E-state index contributed by atoms with van der Waals surface area (Å²) in [5.74, 6) is -0.409. The summed E-state index contributed by atoms with van der Waals surface area (Å²) in [7, 11) is 0. The first-order valence-corrected chi connectivity index (χ1v) is 13.9. The molecular weight excluding hydrogens is 508 g/mol. The fourth-order valence-corrected chi connectivity index (χ4v) is 5.45. The standard InChI is InChI=1S/C31H40Cl2FNO2/c1-7-20(4)17-28(33)26(22(6)32)14-11-24-10-8-9-23(12-16-30(24)36)21(5)31(37)35-25-13-15-29(34)27(18-25)19(2)3/h13,15,17-18,21,23-24H,2,4,7-12,14,16H2,1,3,5-6H3,(H,35,37). The number of rotatable bonds is 10. The van der Waals surface area contributed by atoms with E-state index in [0.717, 1.165) is 36.8 Å². The van der Waals surface area contributed by atoms with Gasteiger partial charge in [-0.2, -0.15) is 0 Å². The number of ketones is 1. The maximum absolute atomic E-state index is 14.0. The summed E-state index contributed by atoms with van der Waals surface area (Å²) in [6.45, 7) is 15.3. The molecule has 1 aliphatic carbocycles. The first kappa shape index (κ1) is 31.1. The second-order valence-electron chi connectivity index (χ2n) is 10.2. The van der Waals surface area contributed by atoms with Gasteiger partial charge in [-0.25, -0.2) is 4.39 Å². The molecule has 1 aromatic rings. The third-order valence-corrected chi connectivity index (χ3v) is 7.96. The third-order valence-electron chi connectivity index (χ3n) is 7.39. The number of halogens is 3. The number of benzene rings is 1. The molecule has 1 aliphatic rings. The van der Waals surface area contributed by atoms with Gasteiger partial charge in [-0.3, -0.25) is 9.59 Å². The number of anilines is 1. The fraction of sp³-hybridized carbons (Fsp3) is 0.484. The van der Waals surface area contributed by atoms with Crippen molar-refractivity contribution in [2.45, 2.75) is 79.1 Å². The van der Waals surface area contributed by atoms with Gasteiger partial charge >= 0.3 is 0 Å². The fourth-order valence-electron chi connectivity index (χ4n) is 4.81. The SMILES string of the molecule is C=C(C=C(Cl)C(CCC1CCCC(C(C)C(=O)Nc2ccc(F)c(C(=C)C)c2)CCC1=O)=C(C)Cl)CC. The Kier molecular flexibility index (Phi) is 12.3. The summed E-state index contributed by atoms with van der Waals surface area (Å²) in [6.07, 6.45) is 7.70. The monoisotopic (exact) mass is 547 g/mol. The molecular formula is C31H40Cl2FNO2. The van der Waals surface area contributed by atoms with Crippen LogP contribution in [0.3, 0.4) is 0 Å². The molecule has 0 aliphatic heterocycles. The number of Topliss-reactive ketones (excluding diaryl/α,β-unsaturated/α-hetero) is 1. The molecule has 0 radical (unpaired) electrons. The van der Waals surface area contributed by atoms with E-state index in [1.807, 2.05) is 26.8 Å². The van der Waals surface area contributed by atoms with Crippen molar-refractivity contribution in [3.8, 4) is 0 Å². The third kappa shape index (κ3) is 9.26. The van der Waals surface area contributed by atoms with Crippen molar-refractivity contribution < 1.29 is 14.0 Å². The zero-order chi connectivity index (χ0) is 27.7. The Hall–Kier alpha value is -2.17. The maximum Gasteiger partial charge on any atom is 0.227 e. The number of hydrogen-bond donors (Lipinski definition) is 1. The van der Waals surface area contributed by atoms with Crippen LogP contribution in [-0.4, -0.2) is 11.7 Å². The van der Waals surface area contributed by atoms with E-state index in [4.69, 9.17) is 23.2 Å². The van der Waals surface area contributed by atoms with Gasteiger partial charge < -0.3 is 5.32 Å². The Morgan fingerprint density at radius 3 is 2.54 bits per heavy atom. The lowest BCUT2D eigenvalue weighted by Gasteiger charge is -2.28. The smallest absolute Gasteiger partial charge is 0.227 e. The van der Waals surface area contributed by atoms with Gasteiger partial charge in [0.15, 0.2) is 0 Å². The average molecular weight is 549 g/mol. The number of carbonyl (C=O) groups excluding carboxylic acids is 2. The minimum Gasteiger partial charge on any atom is -0.326 e. The summed E-state index contributed by atoms with van der Waals surface area (Å²) >= 11 is 12.8. The lowest BCUT2D eigenvalue weighted by molar-refractivity contribution is -0.126. The summed E-state index contributed by atoms with van der Waals surface area (Å²) in [6, 6.07) is 4.51. The molecule has 6 heteroatoms. The normalized spacial score (nSPS) is 20.4. The predicted octanol–water partition coefficient (Wildman–Crippen LogP) is 9.58. The molecule has 0 spiro atoms. The van der Waals surface area contributed by atoms with Crippen molar-refractivity contribution in [1.82, 2.24) is 0 Å². The van der Waals surface area contributed by atoms with Gasteiger partial charge in [0.2, 0.25) is 5.91 Å². The Morgan fingerprint density at radius 1 is 1.22 bits per heavy atom. The molecule has 3 atom stereocenters. The van der Waals surface area contributed by atoms with Gasteiger partial charge in [-0.05, 0) is 93.7 Å². The van der Waals surface area contributed by atoms with Crippen LogP contribution in [-0.2, 0) is 9.59 Å². The van der Waals surface area contributed by atoms with Crippen molar-refractivity contribution in [3.63, 3.8) is 0 Å². The minimum absolute atomic E-state index is 0.0327. The Bertz CT molecular complexity index is 1080. The Morgan fingerprint density at radius 2 is 1.92 bits per heavy atom. The van der Waals surface area contributed by atoms with Crippen LogP contribution in [0.5, 0.6) is 0 Å². The van der Waals surface area contributed by atoms with Crippen molar-refractivity contribution in [3.05, 3.63) is 70.0 Å². The number of nitrogens with one attached hydrogen (secondary N) is 1. The highest BCUT2D eigenvalue weighted by molar-refractivity contribution is 6.35. The van der Waals surface area contributed by atoms with Gasteiger partial charge in [0.1, 0.15) is 11.6 Å². The molecule has 1 saturated carbocycles. The van der Waals surface area contributed by atoms with E-state index in [1.165, 1.54) is 6.07 Å². The molecule has 0 saturated heterocycles. The van der Waals surface area contributed by atoms with Crippen LogP contribution in [0, 0.1) is 23.6 Å². The van der Waals surface area contributed by atoms with Gasteiger partial charge in [0.05, 0.1) is 0 Å². The first-order chi connectivity index (χ1) is 17.4. The lowest BCUT2D eigenvalue weighted by Crippen LogP contribution is -2.29. The molecule has 0 heterocycles. The first-order valence-electron chi connectivity index (χ1n) is 13.1. The van der Waals surface area contributed by atoms with Crippen LogP contribution in [0.1, 0.15) is 84.6 Å². The molecule has 2 rings (SSSR count). The minimum atomic E-state index is -0.361. The summed E-state index contributed by atoms with van der Waals surface area (Å²) in [4.78, 5) is 26.0. The van der Waals surface area contributed by atoms with Gasteiger partial charge in [-0.1, -0.05) is 62.2 Å². The van der Waals surface area contributed by atoms with E-state index < -0.39 is 0 Å². The summed E-state index contributed by atoms with van der Waals surface area (Å²) in [5, 5.41) is 4.15. The van der Waals surface area contributed by atoms with Crippen molar-refractivity contribution in [1.29, 1.82) is 0 Å². The Balaban J connectivity index is 1.97. The number of amides is 1. The van der Waals surface area contributed by atoms with E-state index >= 15 is 0 Å². The van der Waals surface area contributed by atoms with Crippen LogP contribution in [0.4, 0.5) is 10.1 Å². The number of carbonyl (C=O) groups is 2. The Labute approximate surface area is 231 Å². The summed E-state index contributed by atoms with van der Waals surface area (Å²) in [5.41, 5.74) is 3.34. The van der Waals surface area contributed by atoms with Crippen molar-refractivity contribution in [2.75, 3.05) is 5.32 Å². The van der Waals surface area contributed by atoms with Gasteiger partial charge in [0, 0.05) is 39.6 Å². The molecule has 1 fully saturated rings. The van der Waals surface area contributed by atoms with E-state index in [-0.39, 0.29) is 35.3 Å². The maximum atomic E-state index is 14.0. The van der Waals surface area contributed by atoms with Crippen molar-refractivity contribution in [2.24, 2.45) is 17.8 Å². The zero-order valence-corrected chi connectivity index (χ0v) is 24.1. The van der Waals surface area contributed by atoms with Crippen LogP contribution >= 0.6 is 23.2 Å². The van der Waals surface area contributed by atoms with Crippen LogP contribution in [0.25, 0.3) is 5.57 Å². The van der Waals surface area contributed by atoms with E-state index in [0.29, 0.717) is 52.6 Å². The number of allylic oxidation sites excluding steroid dienone is 6. The zero-order valence-electron chi connectivity index (χ0n) is 22.6. The van der Waals surface area contributed by atoms with E-state index in [2.05, 4.69) is 18.5 Å². The largest absolute Gasteiger partial charge is 0.326 e. The molecule has 0 aromatic heterocycles. The molecule has 3 nitrogen and oxygen atoms in total. The molecule has 1 amide bonds. The number of hydrogen-bond acceptors (Lipinski definition) is 2. The van der Waals surface area contributed by atoms with Crippen molar-refractivity contribution >= 4 is 46.2 Å². The molecule has 1 N–H and O–H groups in total. The molecule has 3 unspecified atom stereocenters.